The first kappa shape index (κ1) is 14.2. The van der Waals surface area contributed by atoms with Crippen LogP contribution in [0.15, 0.2) is 0 Å². The average Bonchev–Trinajstić information content (AvgIpc) is 2.83. The smallest absolute Gasteiger partial charge is 0.0866 e. The van der Waals surface area contributed by atoms with Gasteiger partial charge in [-0.3, -0.25) is 10.2 Å². The van der Waals surface area contributed by atoms with E-state index in [1.54, 1.807) is 14.2 Å². The maximum absolute atomic E-state index is 10.5. The van der Waals surface area contributed by atoms with Crippen LogP contribution < -0.4 is 5.32 Å². The second-order valence-electron chi connectivity index (χ2n) is 5.49. The van der Waals surface area contributed by atoms with Gasteiger partial charge in [0.1, 0.15) is 0 Å². The molecule has 18 heavy (non-hydrogen) atoms. The third-order valence-corrected chi connectivity index (χ3v) is 4.48. The number of aliphatic hydroxyl groups is 1. The monoisotopic (exact) mass is 258 g/mol. The fourth-order valence-corrected chi connectivity index (χ4v) is 3.28. The molecule has 0 radical (unpaired) electrons. The maximum atomic E-state index is 10.5. The maximum Gasteiger partial charge on any atom is 0.0866 e. The van der Waals surface area contributed by atoms with Crippen molar-refractivity contribution in [3.05, 3.63) is 0 Å². The molecule has 5 atom stereocenters. The van der Waals surface area contributed by atoms with E-state index in [1.165, 1.54) is 0 Å². The summed E-state index contributed by atoms with van der Waals surface area (Å²) < 4.78 is 10.9. The van der Waals surface area contributed by atoms with Crippen molar-refractivity contribution in [1.29, 1.82) is 0 Å². The van der Waals surface area contributed by atoms with E-state index >= 15 is 0 Å². The molecule has 1 aliphatic carbocycles. The summed E-state index contributed by atoms with van der Waals surface area (Å²) >= 11 is 0. The van der Waals surface area contributed by atoms with Crippen molar-refractivity contribution in [2.24, 2.45) is 5.92 Å². The number of methoxy groups -OCH3 is 2. The number of likely N-dealkylation sites (N-methyl/N-ethyl adjacent to an activating group) is 1. The largest absolute Gasteiger partial charge is 0.390 e. The van der Waals surface area contributed by atoms with Crippen LogP contribution in [0.4, 0.5) is 0 Å². The Bertz CT molecular complexity index is 265. The van der Waals surface area contributed by atoms with Gasteiger partial charge in [-0.05, 0) is 32.2 Å². The molecule has 0 aromatic rings. The van der Waals surface area contributed by atoms with E-state index in [1.807, 2.05) is 0 Å². The molecule has 1 saturated heterocycles. The summed E-state index contributed by atoms with van der Waals surface area (Å²) in [5, 5.41) is 13.9. The number of hydrogen-bond donors (Lipinski definition) is 2. The Balaban J connectivity index is 1.93. The van der Waals surface area contributed by atoms with Crippen LogP contribution in [0.3, 0.4) is 0 Å². The molecule has 1 aliphatic heterocycles. The zero-order valence-electron chi connectivity index (χ0n) is 11.6. The first-order valence-electron chi connectivity index (χ1n) is 6.84. The van der Waals surface area contributed by atoms with Crippen molar-refractivity contribution in [3.8, 4) is 0 Å². The van der Waals surface area contributed by atoms with E-state index in [0.29, 0.717) is 5.92 Å². The van der Waals surface area contributed by atoms with E-state index < -0.39 is 0 Å². The van der Waals surface area contributed by atoms with Gasteiger partial charge in [-0.1, -0.05) is 0 Å². The lowest BCUT2D eigenvalue weighted by Crippen LogP contribution is -2.50. The standard InChI is InChI=1S/C13H26N2O3/c1-15-7-6-14-13(15)12(16)9-4-5-10(17-2)11(8-9)18-3/h9-14,16H,4-8H2,1-3H3. The number of nitrogens with zero attached hydrogens (tertiary/aromatic N) is 1. The Hall–Kier alpha value is -0.200. The number of hydrogen-bond acceptors (Lipinski definition) is 5. The van der Waals surface area contributed by atoms with Gasteiger partial charge in [0.15, 0.2) is 0 Å². The fraction of sp³-hybridized carbons (Fsp3) is 1.00. The molecule has 2 fully saturated rings. The summed E-state index contributed by atoms with van der Waals surface area (Å²) in [6, 6.07) is 0. The van der Waals surface area contributed by atoms with E-state index in [4.69, 9.17) is 9.47 Å². The van der Waals surface area contributed by atoms with E-state index in [2.05, 4.69) is 17.3 Å². The molecular formula is C13H26N2O3. The summed E-state index contributed by atoms with van der Waals surface area (Å²) in [4.78, 5) is 2.19. The predicted molar refractivity (Wildman–Crippen MR) is 69.4 cm³/mol. The summed E-state index contributed by atoms with van der Waals surface area (Å²) in [6.07, 6.45) is 2.89. The molecule has 0 aromatic heterocycles. The van der Waals surface area contributed by atoms with Crippen LogP contribution >= 0.6 is 0 Å². The molecule has 0 spiro atoms. The second kappa shape index (κ2) is 6.30. The van der Waals surface area contributed by atoms with Crippen molar-refractivity contribution in [1.82, 2.24) is 10.2 Å². The lowest BCUT2D eigenvalue weighted by Gasteiger charge is -2.39. The highest BCUT2D eigenvalue weighted by Crippen LogP contribution is 2.32. The highest BCUT2D eigenvalue weighted by Gasteiger charge is 2.39. The highest BCUT2D eigenvalue weighted by atomic mass is 16.5. The summed E-state index contributed by atoms with van der Waals surface area (Å²) in [6.45, 7) is 1.96. The third-order valence-electron chi connectivity index (χ3n) is 4.48. The zero-order chi connectivity index (χ0) is 13.1. The second-order valence-corrected chi connectivity index (χ2v) is 5.49. The van der Waals surface area contributed by atoms with Gasteiger partial charge in [0.2, 0.25) is 0 Å². The molecule has 5 heteroatoms. The van der Waals surface area contributed by atoms with Gasteiger partial charge in [0.25, 0.3) is 0 Å². The number of ether oxygens (including phenoxy) is 2. The predicted octanol–water partition coefficient (Wildman–Crippen LogP) is 0.0385. The number of rotatable bonds is 4. The summed E-state index contributed by atoms with van der Waals surface area (Å²) in [5.74, 6) is 0.291. The lowest BCUT2D eigenvalue weighted by atomic mass is 9.81. The highest BCUT2D eigenvalue weighted by molar-refractivity contribution is 4.91. The van der Waals surface area contributed by atoms with Crippen molar-refractivity contribution < 1.29 is 14.6 Å². The normalized spacial score (nSPS) is 40.0. The molecule has 2 aliphatic rings. The molecule has 2 rings (SSSR count). The third kappa shape index (κ3) is 2.86. The molecular weight excluding hydrogens is 232 g/mol. The molecule has 5 nitrogen and oxygen atoms in total. The minimum atomic E-state index is -0.326. The Morgan fingerprint density at radius 3 is 2.50 bits per heavy atom. The van der Waals surface area contributed by atoms with Crippen LogP contribution in [0.25, 0.3) is 0 Å². The Kier molecular flexibility index (Phi) is 4.98. The molecule has 1 heterocycles. The minimum absolute atomic E-state index is 0.0894. The van der Waals surface area contributed by atoms with Crippen LogP contribution in [-0.4, -0.2) is 68.8 Å². The number of nitrogens with one attached hydrogen (secondary N) is 1. The quantitative estimate of drug-likeness (QED) is 0.745. The van der Waals surface area contributed by atoms with Crippen molar-refractivity contribution >= 4 is 0 Å². The Labute approximate surface area is 109 Å². The van der Waals surface area contributed by atoms with Gasteiger partial charge in [0.05, 0.1) is 24.5 Å². The van der Waals surface area contributed by atoms with Crippen molar-refractivity contribution in [2.45, 2.75) is 43.7 Å². The lowest BCUT2D eigenvalue weighted by molar-refractivity contribution is -0.0939. The molecule has 0 amide bonds. The van der Waals surface area contributed by atoms with Gasteiger partial charge in [-0.2, -0.15) is 0 Å². The molecule has 0 aromatic carbocycles. The van der Waals surface area contributed by atoms with E-state index in [0.717, 1.165) is 32.4 Å². The Morgan fingerprint density at radius 1 is 1.22 bits per heavy atom. The first-order valence-corrected chi connectivity index (χ1v) is 6.84. The Morgan fingerprint density at radius 2 is 1.94 bits per heavy atom. The zero-order valence-corrected chi connectivity index (χ0v) is 11.6. The average molecular weight is 258 g/mol. The van der Waals surface area contributed by atoms with Gasteiger partial charge in [-0.15, -0.1) is 0 Å². The van der Waals surface area contributed by atoms with Crippen LogP contribution in [0.1, 0.15) is 19.3 Å². The minimum Gasteiger partial charge on any atom is -0.390 e. The molecule has 5 unspecified atom stereocenters. The van der Waals surface area contributed by atoms with Crippen LogP contribution in [0, 0.1) is 5.92 Å². The summed E-state index contributed by atoms with van der Waals surface area (Å²) in [7, 11) is 5.52. The van der Waals surface area contributed by atoms with Crippen LogP contribution in [0.2, 0.25) is 0 Å². The van der Waals surface area contributed by atoms with E-state index in [-0.39, 0.29) is 24.5 Å². The molecule has 1 saturated carbocycles. The van der Waals surface area contributed by atoms with Crippen molar-refractivity contribution in [3.63, 3.8) is 0 Å². The molecule has 106 valence electrons. The topological polar surface area (TPSA) is 54.0 Å². The van der Waals surface area contributed by atoms with Gasteiger partial charge in [0, 0.05) is 27.3 Å². The van der Waals surface area contributed by atoms with Crippen LogP contribution in [0.5, 0.6) is 0 Å². The van der Waals surface area contributed by atoms with E-state index in [9.17, 15) is 5.11 Å². The van der Waals surface area contributed by atoms with Crippen molar-refractivity contribution in [2.75, 3.05) is 34.4 Å². The van der Waals surface area contributed by atoms with Gasteiger partial charge < -0.3 is 14.6 Å². The molecule has 0 bridgehead atoms. The van der Waals surface area contributed by atoms with Gasteiger partial charge >= 0.3 is 0 Å². The van der Waals surface area contributed by atoms with Crippen LogP contribution in [-0.2, 0) is 9.47 Å². The fourth-order valence-electron chi connectivity index (χ4n) is 3.28. The molecule has 2 N–H and O–H groups in total. The van der Waals surface area contributed by atoms with Gasteiger partial charge in [-0.25, -0.2) is 0 Å². The first-order chi connectivity index (χ1) is 8.67. The summed E-state index contributed by atoms with van der Waals surface area (Å²) in [5.41, 5.74) is 0. The SMILES string of the molecule is COC1CCC(C(O)C2NCCN2C)CC1OC. The number of aliphatic hydroxyl groups excluding tert-OH is 1.